The Morgan fingerprint density at radius 3 is 2.47 bits per heavy atom. The van der Waals surface area contributed by atoms with E-state index >= 15 is 0 Å². The van der Waals surface area contributed by atoms with Gasteiger partial charge in [-0.15, -0.1) is 0 Å². The van der Waals surface area contributed by atoms with E-state index in [9.17, 15) is 4.79 Å². The molecule has 0 saturated carbocycles. The SMILES string of the molecule is COc1ccccc1C(CNC(=O)c1cc(-c2ccccc2)nc2c1cnn2C(C)C)N(C)C. The van der Waals surface area contributed by atoms with Gasteiger partial charge in [0.05, 0.1) is 36.0 Å². The van der Waals surface area contributed by atoms with Crippen molar-refractivity contribution in [3.8, 4) is 17.0 Å². The second kappa shape index (κ2) is 10.1. The van der Waals surface area contributed by atoms with Crippen molar-refractivity contribution in [2.45, 2.75) is 25.9 Å². The molecule has 2 aromatic carbocycles. The Morgan fingerprint density at radius 1 is 1.09 bits per heavy atom. The lowest BCUT2D eigenvalue weighted by Crippen LogP contribution is -2.34. The van der Waals surface area contributed by atoms with Gasteiger partial charge in [0.15, 0.2) is 5.65 Å². The lowest BCUT2D eigenvalue weighted by molar-refractivity contribution is 0.0943. The topological polar surface area (TPSA) is 72.3 Å². The van der Waals surface area contributed by atoms with Crippen LogP contribution < -0.4 is 10.1 Å². The molecule has 176 valence electrons. The van der Waals surface area contributed by atoms with Crippen molar-refractivity contribution >= 4 is 16.9 Å². The number of nitrogens with one attached hydrogen (secondary N) is 1. The molecule has 0 bridgehead atoms. The van der Waals surface area contributed by atoms with Crippen LogP contribution in [0.2, 0.25) is 0 Å². The summed E-state index contributed by atoms with van der Waals surface area (Å²) in [6.45, 7) is 4.53. The summed E-state index contributed by atoms with van der Waals surface area (Å²) in [6, 6.07) is 19.7. The van der Waals surface area contributed by atoms with Crippen LogP contribution >= 0.6 is 0 Å². The van der Waals surface area contributed by atoms with E-state index in [0.29, 0.717) is 17.8 Å². The number of benzene rings is 2. The number of ether oxygens (including phenoxy) is 1. The molecule has 4 rings (SSSR count). The zero-order valence-electron chi connectivity index (χ0n) is 20.3. The van der Waals surface area contributed by atoms with Crippen LogP contribution in [0.15, 0.2) is 66.9 Å². The average Bonchev–Trinajstić information content (AvgIpc) is 3.28. The first-order valence-corrected chi connectivity index (χ1v) is 11.4. The first-order valence-electron chi connectivity index (χ1n) is 11.4. The molecule has 0 aliphatic rings. The van der Waals surface area contributed by atoms with E-state index in [-0.39, 0.29) is 18.0 Å². The fourth-order valence-electron chi connectivity index (χ4n) is 4.14. The summed E-state index contributed by atoms with van der Waals surface area (Å²) in [6.07, 6.45) is 1.73. The summed E-state index contributed by atoms with van der Waals surface area (Å²) in [5, 5.41) is 8.39. The lowest BCUT2D eigenvalue weighted by atomic mass is 10.0. The highest BCUT2D eigenvalue weighted by atomic mass is 16.5. The van der Waals surface area contributed by atoms with Crippen molar-refractivity contribution in [2.24, 2.45) is 0 Å². The number of rotatable bonds is 8. The molecule has 4 aromatic rings. The second-order valence-corrected chi connectivity index (χ2v) is 8.77. The summed E-state index contributed by atoms with van der Waals surface area (Å²) < 4.78 is 7.41. The van der Waals surface area contributed by atoms with E-state index in [1.807, 2.05) is 79.4 Å². The first-order chi connectivity index (χ1) is 16.4. The average molecular weight is 458 g/mol. The highest BCUT2D eigenvalue weighted by Crippen LogP contribution is 2.29. The summed E-state index contributed by atoms with van der Waals surface area (Å²) in [5.74, 6) is 0.640. The fourth-order valence-corrected chi connectivity index (χ4v) is 4.14. The molecule has 0 aliphatic carbocycles. The molecule has 34 heavy (non-hydrogen) atoms. The van der Waals surface area contributed by atoms with Gasteiger partial charge in [-0.05, 0) is 40.1 Å². The highest BCUT2D eigenvalue weighted by molar-refractivity contribution is 6.06. The van der Waals surface area contributed by atoms with E-state index in [2.05, 4.69) is 29.2 Å². The number of carbonyl (C=O) groups is 1. The smallest absolute Gasteiger partial charge is 0.252 e. The van der Waals surface area contributed by atoms with Crippen molar-refractivity contribution in [2.75, 3.05) is 27.7 Å². The minimum atomic E-state index is -0.158. The maximum absolute atomic E-state index is 13.5. The minimum Gasteiger partial charge on any atom is -0.496 e. The molecule has 0 saturated heterocycles. The Morgan fingerprint density at radius 2 is 1.79 bits per heavy atom. The van der Waals surface area contributed by atoms with Crippen molar-refractivity contribution in [1.82, 2.24) is 25.0 Å². The number of aromatic nitrogens is 3. The molecule has 7 nitrogen and oxygen atoms in total. The summed E-state index contributed by atoms with van der Waals surface area (Å²) in [5.41, 5.74) is 3.99. The number of nitrogens with zero attached hydrogens (tertiary/aromatic N) is 4. The predicted octanol–water partition coefficient (Wildman–Crippen LogP) is 4.72. The number of para-hydroxylation sites is 1. The highest BCUT2D eigenvalue weighted by Gasteiger charge is 2.22. The standard InChI is InChI=1S/C27H31N5O2/c1-18(2)32-26-22(16-29-32)21(15-23(30-26)19-11-7-6-8-12-19)27(33)28-17-24(31(3)4)20-13-9-10-14-25(20)34-5/h6-16,18,24H,17H2,1-5H3,(H,28,33). The molecular formula is C27H31N5O2. The number of hydrogen-bond acceptors (Lipinski definition) is 5. The Bertz CT molecular complexity index is 1280. The van der Waals surface area contributed by atoms with Gasteiger partial charge >= 0.3 is 0 Å². The summed E-state index contributed by atoms with van der Waals surface area (Å²) in [7, 11) is 5.65. The van der Waals surface area contributed by atoms with E-state index in [1.165, 1.54) is 0 Å². The van der Waals surface area contributed by atoms with Crippen LogP contribution in [0.1, 0.15) is 41.9 Å². The molecular weight excluding hydrogens is 426 g/mol. The number of amides is 1. The van der Waals surface area contributed by atoms with Crippen LogP contribution in [0.3, 0.4) is 0 Å². The Labute approximate surface area is 200 Å². The van der Waals surface area contributed by atoms with Gasteiger partial charge in [-0.3, -0.25) is 4.79 Å². The van der Waals surface area contributed by atoms with E-state index in [4.69, 9.17) is 9.72 Å². The number of pyridine rings is 1. The Balaban J connectivity index is 1.70. The molecule has 1 amide bonds. The van der Waals surface area contributed by atoms with Gasteiger partial charge in [-0.1, -0.05) is 48.5 Å². The van der Waals surface area contributed by atoms with Crippen LogP contribution in [0.25, 0.3) is 22.3 Å². The van der Waals surface area contributed by atoms with Gasteiger partial charge in [-0.25, -0.2) is 9.67 Å². The molecule has 2 aromatic heterocycles. The normalized spacial score (nSPS) is 12.3. The molecule has 7 heteroatoms. The van der Waals surface area contributed by atoms with Gasteiger partial charge in [0.25, 0.3) is 5.91 Å². The second-order valence-electron chi connectivity index (χ2n) is 8.77. The van der Waals surface area contributed by atoms with Gasteiger partial charge < -0.3 is 15.0 Å². The van der Waals surface area contributed by atoms with Crippen molar-refractivity contribution < 1.29 is 9.53 Å². The fraction of sp³-hybridized carbons (Fsp3) is 0.296. The third-order valence-corrected chi connectivity index (χ3v) is 5.95. The minimum absolute atomic E-state index is 0.0515. The number of methoxy groups -OCH3 is 1. The largest absolute Gasteiger partial charge is 0.496 e. The molecule has 0 radical (unpaired) electrons. The monoisotopic (exact) mass is 457 g/mol. The quantitative estimate of drug-likeness (QED) is 0.414. The zero-order chi connectivity index (χ0) is 24.2. The molecule has 0 fully saturated rings. The third kappa shape index (κ3) is 4.65. The first kappa shape index (κ1) is 23.4. The number of fused-ring (bicyclic) bond motifs is 1. The van der Waals surface area contributed by atoms with Crippen LogP contribution in [-0.2, 0) is 0 Å². The molecule has 1 N–H and O–H groups in total. The van der Waals surface area contributed by atoms with Crippen molar-refractivity contribution in [3.63, 3.8) is 0 Å². The molecule has 1 unspecified atom stereocenters. The molecule has 1 atom stereocenters. The number of likely N-dealkylation sites (N-methyl/N-ethyl adjacent to an activating group) is 1. The molecule has 0 aliphatic heterocycles. The Hall–Kier alpha value is -3.71. The number of hydrogen-bond donors (Lipinski definition) is 1. The Kier molecular flexibility index (Phi) is 6.93. The summed E-state index contributed by atoms with van der Waals surface area (Å²) in [4.78, 5) is 20.4. The maximum atomic E-state index is 13.5. The van der Waals surface area contributed by atoms with Gasteiger partial charge in [0, 0.05) is 23.7 Å². The zero-order valence-corrected chi connectivity index (χ0v) is 20.3. The van der Waals surface area contributed by atoms with Gasteiger partial charge in [0.2, 0.25) is 0 Å². The third-order valence-electron chi connectivity index (χ3n) is 5.95. The van der Waals surface area contributed by atoms with Crippen molar-refractivity contribution in [1.29, 1.82) is 0 Å². The predicted molar refractivity (Wildman–Crippen MR) is 135 cm³/mol. The van der Waals surface area contributed by atoms with Gasteiger partial charge in [0.1, 0.15) is 5.75 Å². The van der Waals surface area contributed by atoms with E-state index in [0.717, 1.165) is 28.0 Å². The summed E-state index contributed by atoms with van der Waals surface area (Å²) >= 11 is 0. The maximum Gasteiger partial charge on any atom is 0.252 e. The van der Waals surface area contributed by atoms with Crippen LogP contribution in [0.4, 0.5) is 0 Å². The van der Waals surface area contributed by atoms with E-state index < -0.39 is 0 Å². The lowest BCUT2D eigenvalue weighted by Gasteiger charge is -2.26. The number of carbonyl (C=O) groups excluding carboxylic acids is 1. The van der Waals surface area contributed by atoms with Crippen LogP contribution in [0.5, 0.6) is 5.75 Å². The van der Waals surface area contributed by atoms with Crippen molar-refractivity contribution in [3.05, 3.63) is 78.0 Å². The van der Waals surface area contributed by atoms with E-state index in [1.54, 1.807) is 13.3 Å². The van der Waals surface area contributed by atoms with Crippen LogP contribution in [-0.4, -0.2) is 53.3 Å². The van der Waals surface area contributed by atoms with Gasteiger partial charge in [-0.2, -0.15) is 5.10 Å². The molecule has 2 heterocycles. The molecule has 0 spiro atoms. The van der Waals surface area contributed by atoms with Crippen LogP contribution in [0, 0.1) is 0 Å².